The van der Waals surface area contributed by atoms with E-state index < -0.39 is 11.7 Å². The molecule has 8 heteroatoms. The molecule has 0 bridgehead atoms. The smallest absolute Gasteiger partial charge is 0.416 e. The van der Waals surface area contributed by atoms with E-state index in [0.29, 0.717) is 28.5 Å². The Bertz CT molecular complexity index is 1310. The van der Waals surface area contributed by atoms with Gasteiger partial charge in [0.2, 0.25) is 5.88 Å². The number of halogens is 3. The Hall–Kier alpha value is -4.07. The van der Waals surface area contributed by atoms with Gasteiger partial charge >= 0.3 is 6.18 Å². The summed E-state index contributed by atoms with van der Waals surface area (Å²) in [6, 6.07) is 15.6. The van der Waals surface area contributed by atoms with Crippen LogP contribution in [0.3, 0.4) is 0 Å². The number of alkyl halides is 3. The van der Waals surface area contributed by atoms with Crippen molar-refractivity contribution in [3.63, 3.8) is 0 Å². The fraction of sp³-hybridized carbons (Fsp3) is 0.154. The largest absolute Gasteiger partial charge is 0.438 e. The van der Waals surface area contributed by atoms with Crippen LogP contribution in [0.4, 0.5) is 13.2 Å². The van der Waals surface area contributed by atoms with Gasteiger partial charge in [-0.15, -0.1) is 0 Å². The van der Waals surface area contributed by atoms with Crippen molar-refractivity contribution < 1.29 is 22.7 Å². The number of carbonyl (C=O) groups is 1. The number of aromatic nitrogens is 3. The van der Waals surface area contributed by atoms with Crippen molar-refractivity contribution in [1.29, 1.82) is 0 Å². The normalized spacial score (nSPS) is 11.3. The number of ether oxygens (including phenoxy) is 1. The van der Waals surface area contributed by atoms with Crippen LogP contribution in [0.5, 0.6) is 11.6 Å². The molecule has 0 radical (unpaired) electrons. The van der Waals surface area contributed by atoms with E-state index in [1.165, 1.54) is 18.5 Å². The Balaban J connectivity index is 1.46. The van der Waals surface area contributed by atoms with Crippen LogP contribution in [-0.2, 0) is 23.8 Å². The monoisotopic (exact) mass is 463 g/mol. The van der Waals surface area contributed by atoms with Crippen LogP contribution in [0.25, 0.3) is 11.3 Å². The summed E-state index contributed by atoms with van der Waals surface area (Å²) in [5, 5.41) is 0. The van der Waals surface area contributed by atoms with E-state index in [-0.39, 0.29) is 18.6 Å². The zero-order valence-corrected chi connectivity index (χ0v) is 18.2. The first kappa shape index (κ1) is 23.1. The molecule has 34 heavy (non-hydrogen) atoms. The van der Waals surface area contributed by atoms with E-state index in [9.17, 15) is 18.0 Å². The van der Waals surface area contributed by atoms with E-state index in [2.05, 4.69) is 15.0 Å². The van der Waals surface area contributed by atoms with Crippen LogP contribution in [0, 0.1) is 6.92 Å². The number of benzene rings is 2. The summed E-state index contributed by atoms with van der Waals surface area (Å²) in [5.74, 6) is 0.781. The average Bonchev–Trinajstić information content (AvgIpc) is 2.81. The maximum absolute atomic E-state index is 12.9. The molecule has 2 aromatic carbocycles. The first-order valence-corrected chi connectivity index (χ1v) is 10.5. The van der Waals surface area contributed by atoms with Crippen LogP contribution >= 0.6 is 0 Å². The van der Waals surface area contributed by atoms with Crippen molar-refractivity contribution in [1.82, 2.24) is 15.0 Å². The van der Waals surface area contributed by atoms with Gasteiger partial charge in [-0.1, -0.05) is 30.3 Å². The van der Waals surface area contributed by atoms with Gasteiger partial charge in [-0.2, -0.15) is 13.2 Å². The number of aryl methyl sites for hydroxylation is 1. The molecule has 172 valence electrons. The first-order valence-electron chi connectivity index (χ1n) is 10.5. The Labute approximate surface area is 194 Å². The second-order valence-electron chi connectivity index (χ2n) is 7.74. The minimum Gasteiger partial charge on any atom is -0.438 e. The van der Waals surface area contributed by atoms with Crippen LogP contribution in [-0.4, -0.2) is 20.7 Å². The third-order valence-electron chi connectivity index (χ3n) is 5.13. The van der Waals surface area contributed by atoms with E-state index in [0.717, 1.165) is 23.3 Å². The lowest BCUT2D eigenvalue weighted by Gasteiger charge is -2.12. The van der Waals surface area contributed by atoms with Crippen molar-refractivity contribution in [2.45, 2.75) is 25.9 Å². The molecular formula is C26H20F3N3O2. The van der Waals surface area contributed by atoms with Gasteiger partial charge in [0.05, 0.1) is 16.8 Å². The number of nitrogens with zero attached hydrogens (tertiary/aromatic N) is 3. The molecule has 0 atom stereocenters. The highest BCUT2D eigenvalue weighted by Crippen LogP contribution is 2.32. The third-order valence-corrected chi connectivity index (χ3v) is 5.13. The molecule has 0 unspecified atom stereocenters. The highest BCUT2D eigenvalue weighted by Gasteiger charge is 2.30. The molecular weight excluding hydrogens is 443 g/mol. The van der Waals surface area contributed by atoms with Gasteiger partial charge in [0.1, 0.15) is 17.9 Å². The summed E-state index contributed by atoms with van der Waals surface area (Å²) in [6.07, 6.45) is 0.297. The highest BCUT2D eigenvalue weighted by molar-refractivity contribution is 5.83. The zero-order valence-electron chi connectivity index (χ0n) is 18.2. The lowest BCUT2D eigenvalue weighted by atomic mass is 10.00. The first-order chi connectivity index (χ1) is 16.3. The summed E-state index contributed by atoms with van der Waals surface area (Å²) in [7, 11) is 0. The van der Waals surface area contributed by atoms with E-state index >= 15 is 0 Å². The van der Waals surface area contributed by atoms with Gasteiger partial charge in [0.15, 0.2) is 0 Å². The zero-order chi connectivity index (χ0) is 24.1. The molecule has 0 N–H and O–H groups in total. The molecule has 2 heterocycles. The van der Waals surface area contributed by atoms with Crippen molar-refractivity contribution >= 4 is 5.78 Å². The maximum Gasteiger partial charge on any atom is 0.416 e. The number of pyridine rings is 1. The molecule has 0 aliphatic carbocycles. The van der Waals surface area contributed by atoms with Gasteiger partial charge in [-0.05, 0) is 53.9 Å². The van der Waals surface area contributed by atoms with Gasteiger partial charge in [-0.3, -0.25) is 4.79 Å². The average molecular weight is 463 g/mol. The Morgan fingerprint density at radius 3 is 2.41 bits per heavy atom. The Kier molecular flexibility index (Phi) is 6.67. The molecule has 0 aliphatic rings. The fourth-order valence-electron chi connectivity index (χ4n) is 3.53. The molecule has 0 aliphatic heterocycles. The van der Waals surface area contributed by atoms with Crippen LogP contribution < -0.4 is 4.74 Å². The SMILES string of the molecule is Cc1cc(CC(=O)Cc2cccc(C(F)(F)F)c2)ccc1Oc1ncccc1-c1ccncn1. The second kappa shape index (κ2) is 9.82. The predicted octanol–water partition coefficient (Wildman–Crippen LogP) is 6.01. The Morgan fingerprint density at radius 1 is 0.912 bits per heavy atom. The quantitative estimate of drug-likeness (QED) is 0.336. The van der Waals surface area contributed by atoms with E-state index in [1.54, 1.807) is 36.7 Å². The topological polar surface area (TPSA) is 65.0 Å². The molecule has 0 amide bonds. The molecule has 0 spiro atoms. The lowest BCUT2D eigenvalue weighted by Crippen LogP contribution is -2.09. The summed E-state index contributed by atoms with van der Waals surface area (Å²) in [5.41, 5.74) is 2.51. The lowest BCUT2D eigenvalue weighted by molar-refractivity contribution is -0.137. The fourth-order valence-corrected chi connectivity index (χ4v) is 3.53. The standard InChI is InChI=1S/C26H20F3N3O2/c1-17-12-19(15-21(33)14-18-4-2-5-20(13-18)26(27,28)29)7-8-24(17)34-25-22(6-3-10-31-25)23-9-11-30-16-32-23/h2-13,16H,14-15H2,1H3. The van der Waals surface area contributed by atoms with E-state index in [4.69, 9.17) is 4.74 Å². The number of carbonyl (C=O) groups excluding carboxylic acids is 1. The molecule has 2 aromatic heterocycles. The van der Waals surface area contributed by atoms with E-state index in [1.807, 2.05) is 19.1 Å². The number of hydrogen-bond donors (Lipinski definition) is 0. The van der Waals surface area contributed by atoms with Crippen molar-refractivity contribution in [2.75, 3.05) is 0 Å². The van der Waals surface area contributed by atoms with Crippen molar-refractivity contribution in [2.24, 2.45) is 0 Å². The van der Waals surface area contributed by atoms with Gasteiger partial charge < -0.3 is 4.74 Å². The third kappa shape index (κ3) is 5.64. The van der Waals surface area contributed by atoms with Crippen LogP contribution in [0.2, 0.25) is 0 Å². The number of ketones is 1. The minimum absolute atomic E-state index is 0.0720. The summed E-state index contributed by atoms with van der Waals surface area (Å²) in [4.78, 5) is 25.0. The number of Topliss-reactive ketones (excluding diaryl/α,β-unsaturated/α-hetero) is 1. The number of rotatable bonds is 7. The molecule has 5 nitrogen and oxygen atoms in total. The molecule has 4 aromatic rings. The molecule has 0 fully saturated rings. The minimum atomic E-state index is -4.44. The molecule has 4 rings (SSSR count). The van der Waals surface area contributed by atoms with Gasteiger partial charge in [0.25, 0.3) is 0 Å². The van der Waals surface area contributed by atoms with Crippen LogP contribution in [0.15, 0.2) is 79.4 Å². The highest BCUT2D eigenvalue weighted by atomic mass is 19.4. The van der Waals surface area contributed by atoms with Crippen molar-refractivity contribution in [3.8, 4) is 22.9 Å². The summed E-state index contributed by atoms with van der Waals surface area (Å²) in [6.45, 7) is 1.85. The summed E-state index contributed by atoms with van der Waals surface area (Å²) >= 11 is 0. The maximum atomic E-state index is 12.9. The van der Waals surface area contributed by atoms with Crippen molar-refractivity contribution in [3.05, 3.63) is 102 Å². The Morgan fingerprint density at radius 2 is 1.71 bits per heavy atom. The summed E-state index contributed by atoms with van der Waals surface area (Å²) < 4.78 is 44.7. The second-order valence-corrected chi connectivity index (χ2v) is 7.74. The van der Waals surface area contributed by atoms with Gasteiger partial charge in [-0.25, -0.2) is 15.0 Å². The molecule has 0 saturated heterocycles. The molecule has 0 saturated carbocycles. The van der Waals surface area contributed by atoms with Gasteiger partial charge in [0, 0.05) is 25.2 Å². The number of hydrogen-bond acceptors (Lipinski definition) is 5. The predicted molar refractivity (Wildman–Crippen MR) is 120 cm³/mol. The van der Waals surface area contributed by atoms with Crippen LogP contribution in [0.1, 0.15) is 22.3 Å².